The Labute approximate surface area is 133 Å². The zero-order valence-electron chi connectivity index (χ0n) is 12.2. The Morgan fingerprint density at radius 3 is 2.29 bits per heavy atom. The van der Waals surface area contributed by atoms with Gasteiger partial charge in [0.1, 0.15) is 0 Å². The number of benzene rings is 2. The van der Waals surface area contributed by atoms with Gasteiger partial charge in [0.2, 0.25) is 5.91 Å². The molecule has 0 saturated heterocycles. The van der Waals surface area contributed by atoms with Gasteiger partial charge in [-0.05, 0) is 49.7 Å². The summed E-state index contributed by atoms with van der Waals surface area (Å²) in [5, 5.41) is 6.22. The van der Waals surface area contributed by atoms with Crippen molar-refractivity contribution >= 4 is 33.2 Å². The largest absolute Gasteiger partial charge is 0.383 e. The van der Waals surface area contributed by atoms with Gasteiger partial charge in [0.05, 0.1) is 6.42 Å². The van der Waals surface area contributed by atoms with E-state index in [4.69, 9.17) is 0 Å². The monoisotopic (exact) mass is 346 g/mol. The van der Waals surface area contributed by atoms with Crippen LogP contribution in [0.3, 0.4) is 0 Å². The van der Waals surface area contributed by atoms with Crippen LogP contribution in [0.4, 0.5) is 11.4 Å². The summed E-state index contributed by atoms with van der Waals surface area (Å²) in [5.41, 5.74) is 2.84. The van der Waals surface area contributed by atoms with E-state index in [-0.39, 0.29) is 5.91 Å². The van der Waals surface area contributed by atoms with Crippen LogP contribution in [-0.4, -0.2) is 11.9 Å². The van der Waals surface area contributed by atoms with E-state index in [1.54, 1.807) is 0 Å². The van der Waals surface area contributed by atoms with Gasteiger partial charge in [-0.15, -0.1) is 0 Å². The molecule has 2 aromatic carbocycles. The van der Waals surface area contributed by atoms with Gasteiger partial charge >= 0.3 is 0 Å². The molecule has 0 radical (unpaired) electrons. The van der Waals surface area contributed by atoms with Crippen LogP contribution in [0.2, 0.25) is 0 Å². The molecule has 0 fully saturated rings. The van der Waals surface area contributed by atoms with E-state index in [2.05, 4.69) is 40.4 Å². The normalized spacial score (nSPS) is 10.5. The summed E-state index contributed by atoms with van der Waals surface area (Å²) in [6.07, 6.45) is 0.355. The molecule has 2 N–H and O–H groups in total. The molecule has 0 saturated carbocycles. The lowest BCUT2D eigenvalue weighted by molar-refractivity contribution is -0.115. The van der Waals surface area contributed by atoms with Crippen molar-refractivity contribution in [1.82, 2.24) is 0 Å². The van der Waals surface area contributed by atoms with Gasteiger partial charge in [-0.2, -0.15) is 0 Å². The van der Waals surface area contributed by atoms with E-state index in [1.807, 2.05) is 48.5 Å². The molecule has 1 amide bonds. The molecule has 2 rings (SSSR count). The minimum absolute atomic E-state index is 0.0218. The van der Waals surface area contributed by atoms with Gasteiger partial charge < -0.3 is 10.6 Å². The van der Waals surface area contributed by atoms with Crippen LogP contribution in [0.5, 0.6) is 0 Å². The average molecular weight is 347 g/mol. The molecule has 21 heavy (non-hydrogen) atoms. The number of hydrogen-bond acceptors (Lipinski definition) is 2. The summed E-state index contributed by atoms with van der Waals surface area (Å²) in [4.78, 5) is 12.0. The third kappa shape index (κ3) is 4.90. The Bertz CT molecular complexity index is 608. The maximum Gasteiger partial charge on any atom is 0.228 e. The molecule has 0 aliphatic rings. The average Bonchev–Trinajstić information content (AvgIpc) is 2.43. The minimum Gasteiger partial charge on any atom is -0.383 e. The molecular weight excluding hydrogens is 328 g/mol. The predicted molar refractivity (Wildman–Crippen MR) is 91.7 cm³/mol. The number of amides is 1. The van der Waals surface area contributed by atoms with E-state index in [0.29, 0.717) is 12.5 Å². The van der Waals surface area contributed by atoms with Gasteiger partial charge in [0.25, 0.3) is 0 Å². The maximum absolute atomic E-state index is 12.0. The number of halogens is 1. The van der Waals surface area contributed by atoms with E-state index < -0.39 is 0 Å². The highest BCUT2D eigenvalue weighted by molar-refractivity contribution is 9.10. The third-order valence-electron chi connectivity index (χ3n) is 2.93. The fourth-order valence-electron chi connectivity index (χ4n) is 2.00. The predicted octanol–water partition coefficient (Wildman–Crippen LogP) is 4.45. The second kappa shape index (κ2) is 7.27. The number of anilines is 2. The second-order valence-electron chi connectivity index (χ2n) is 5.19. The lowest BCUT2D eigenvalue weighted by Crippen LogP contribution is -2.15. The number of hydrogen-bond donors (Lipinski definition) is 2. The molecule has 0 heterocycles. The molecule has 0 aliphatic carbocycles. The van der Waals surface area contributed by atoms with Gasteiger partial charge in [-0.1, -0.05) is 34.1 Å². The topological polar surface area (TPSA) is 41.1 Å². The molecule has 0 spiro atoms. The van der Waals surface area contributed by atoms with E-state index >= 15 is 0 Å². The Morgan fingerprint density at radius 2 is 1.67 bits per heavy atom. The molecule has 3 nitrogen and oxygen atoms in total. The highest BCUT2D eigenvalue weighted by atomic mass is 79.9. The minimum atomic E-state index is -0.0218. The quantitative estimate of drug-likeness (QED) is 0.839. The first-order chi connectivity index (χ1) is 10.0. The van der Waals surface area contributed by atoms with Crippen molar-refractivity contribution in [2.45, 2.75) is 26.3 Å². The Hall–Kier alpha value is -1.81. The summed E-state index contributed by atoms with van der Waals surface area (Å²) >= 11 is 3.45. The fraction of sp³-hybridized carbons (Fsp3) is 0.235. The number of carbonyl (C=O) groups excluding carboxylic acids is 1. The number of nitrogens with one attached hydrogen (secondary N) is 2. The van der Waals surface area contributed by atoms with Crippen LogP contribution in [-0.2, 0) is 11.2 Å². The Balaban J connectivity index is 1.95. The van der Waals surface area contributed by atoms with E-state index in [1.165, 1.54) is 0 Å². The van der Waals surface area contributed by atoms with Crippen molar-refractivity contribution in [2.24, 2.45) is 0 Å². The lowest BCUT2D eigenvalue weighted by atomic mass is 10.1. The van der Waals surface area contributed by atoms with Crippen LogP contribution in [0.1, 0.15) is 19.4 Å². The zero-order chi connectivity index (χ0) is 15.2. The smallest absolute Gasteiger partial charge is 0.228 e. The number of carbonyl (C=O) groups is 1. The third-order valence-corrected chi connectivity index (χ3v) is 3.71. The first-order valence-corrected chi connectivity index (χ1v) is 7.74. The fourth-order valence-corrected chi connectivity index (χ4v) is 2.43. The van der Waals surface area contributed by atoms with E-state index in [9.17, 15) is 4.79 Å². The van der Waals surface area contributed by atoms with Crippen LogP contribution in [0.25, 0.3) is 0 Å². The molecule has 0 unspecified atom stereocenters. The molecule has 0 atom stereocenters. The molecule has 4 heteroatoms. The standard InChI is InChI=1S/C17H19BrN2O/c1-12(2)19-14-7-9-15(10-8-14)20-17(21)11-13-5-3-4-6-16(13)18/h3-10,12,19H,11H2,1-2H3,(H,20,21). The van der Waals surface area contributed by atoms with Crippen molar-refractivity contribution in [2.75, 3.05) is 10.6 Å². The first kappa shape index (κ1) is 15.6. The highest BCUT2D eigenvalue weighted by Gasteiger charge is 2.06. The van der Waals surface area contributed by atoms with Gasteiger partial charge in [0, 0.05) is 21.9 Å². The summed E-state index contributed by atoms with van der Waals surface area (Å²) in [5.74, 6) is -0.0218. The molecular formula is C17H19BrN2O. The second-order valence-corrected chi connectivity index (χ2v) is 6.05. The van der Waals surface area contributed by atoms with Gasteiger partial charge in [-0.25, -0.2) is 0 Å². The van der Waals surface area contributed by atoms with Crippen molar-refractivity contribution in [1.29, 1.82) is 0 Å². The molecule has 0 aromatic heterocycles. The van der Waals surface area contributed by atoms with Crippen molar-refractivity contribution in [3.63, 3.8) is 0 Å². The van der Waals surface area contributed by atoms with Crippen molar-refractivity contribution in [3.05, 3.63) is 58.6 Å². The van der Waals surface area contributed by atoms with Crippen LogP contribution < -0.4 is 10.6 Å². The summed E-state index contributed by atoms with van der Waals surface area (Å²) < 4.78 is 0.955. The van der Waals surface area contributed by atoms with Crippen LogP contribution in [0.15, 0.2) is 53.0 Å². The van der Waals surface area contributed by atoms with Crippen LogP contribution in [0, 0.1) is 0 Å². The maximum atomic E-state index is 12.0. The molecule has 0 aliphatic heterocycles. The molecule has 2 aromatic rings. The molecule has 110 valence electrons. The van der Waals surface area contributed by atoms with Gasteiger partial charge in [0.15, 0.2) is 0 Å². The highest BCUT2D eigenvalue weighted by Crippen LogP contribution is 2.18. The van der Waals surface area contributed by atoms with Crippen LogP contribution >= 0.6 is 15.9 Å². The molecule has 0 bridgehead atoms. The zero-order valence-corrected chi connectivity index (χ0v) is 13.8. The van der Waals surface area contributed by atoms with Crippen molar-refractivity contribution < 1.29 is 4.79 Å². The summed E-state index contributed by atoms with van der Waals surface area (Å²) in [6, 6.07) is 15.9. The van der Waals surface area contributed by atoms with E-state index in [0.717, 1.165) is 21.4 Å². The summed E-state index contributed by atoms with van der Waals surface area (Å²) in [7, 11) is 0. The lowest BCUT2D eigenvalue weighted by Gasteiger charge is -2.11. The Kier molecular flexibility index (Phi) is 5.39. The van der Waals surface area contributed by atoms with Crippen molar-refractivity contribution in [3.8, 4) is 0 Å². The van der Waals surface area contributed by atoms with Gasteiger partial charge in [-0.3, -0.25) is 4.79 Å². The summed E-state index contributed by atoms with van der Waals surface area (Å²) in [6.45, 7) is 4.18. The SMILES string of the molecule is CC(C)Nc1ccc(NC(=O)Cc2ccccc2Br)cc1. The number of rotatable bonds is 5. The first-order valence-electron chi connectivity index (χ1n) is 6.94. The Morgan fingerprint density at radius 1 is 1.05 bits per heavy atom.